The predicted octanol–water partition coefficient (Wildman–Crippen LogP) is 3.18. The van der Waals surface area contributed by atoms with Crippen molar-refractivity contribution in [2.45, 2.75) is 18.8 Å². The quantitative estimate of drug-likeness (QED) is 0.697. The topological polar surface area (TPSA) is 40.7 Å². The summed E-state index contributed by atoms with van der Waals surface area (Å²) in [6.45, 7) is 2.27. The summed E-state index contributed by atoms with van der Waals surface area (Å²) >= 11 is 0. The van der Waals surface area contributed by atoms with E-state index < -0.39 is 0 Å². The Morgan fingerprint density at radius 1 is 1.00 bits per heavy atom. The van der Waals surface area contributed by atoms with Crippen LogP contribution in [0.2, 0.25) is 0 Å². The van der Waals surface area contributed by atoms with E-state index in [1.165, 1.54) is 40.2 Å². The molecule has 3 aromatic rings. The summed E-state index contributed by atoms with van der Waals surface area (Å²) < 4.78 is 0. The predicted molar refractivity (Wildman–Crippen MR) is 78.4 cm³/mol. The minimum absolute atomic E-state index is 0.701. The van der Waals surface area contributed by atoms with Crippen molar-refractivity contribution >= 4 is 21.8 Å². The highest BCUT2D eigenvalue weighted by Crippen LogP contribution is 2.31. The monoisotopic (exact) mass is 251 g/mol. The van der Waals surface area contributed by atoms with Gasteiger partial charge < -0.3 is 10.3 Å². The first kappa shape index (κ1) is 11.0. The van der Waals surface area contributed by atoms with Gasteiger partial charge in [0.2, 0.25) is 0 Å². The molecule has 0 amide bonds. The second-order valence-electron chi connectivity index (χ2n) is 5.38. The van der Waals surface area contributed by atoms with E-state index in [1.54, 1.807) is 0 Å². The zero-order valence-corrected chi connectivity index (χ0v) is 10.8. The number of hydrogen-bond acceptors (Lipinski definition) is 2. The zero-order valence-electron chi connectivity index (χ0n) is 10.8. The largest absolute Gasteiger partial charge is 0.354 e. The Labute approximate surface area is 112 Å². The number of hydrogen-bond donors (Lipinski definition) is 2. The third kappa shape index (κ3) is 1.81. The van der Waals surface area contributed by atoms with E-state index in [0.29, 0.717) is 5.92 Å². The summed E-state index contributed by atoms with van der Waals surface area (Å²) in [7, 11) is 0. The molecule has 3 nitrogen and oxygen atoms in total. The lowest BCUT2D eigenvalue weighted by Crippen LogP contribution is -2.26. The van der Waals surface area contributed by atoms with Crippen LogP contribution in [0.25, 0.3) is 21.8 Å². The van der Waals surface area contributed by atoms with Crippen LogP contribution < -0.4 is 5.32 Å². The number of nitrogens with one attached hydrogen (secondary N) is 2. The molecule has 0 aliphatic carbocycles. The number of fused-ring (bicyclic) bond motifs is 3. The number of nitrogens with zero attached hydrogens (tertiary/aromatic N) is 1. The smallest absolute Gasteiger partial charge is 0.0495 e. The van der Waals surface area contributed by atoms with Gasteiger partial charge in [-0.1, -0.05) is 6.07 Å². The average molecular weight is 251 g/mol. The summed E-state index contributed by atoms with van der Waals surface area (Å²) in [4.78, 5) is 7.70. The van der Waals surface area contributed by atoms with Crippen LogP contribution in [-0.4, -0.2) is 23.1 Å². The van der Waals surface area contributed by atoms with Gasteiger partial charge in [-0.3, -0.25) is 4.98 Å². The molecule has 0 radical (unpaired) electrons. The molecule has 3 heterocycles. The second kappa shape index (κ2) is 4.35. The second-order valence-corrected chi connectivity index (χ2v) is 5.38. The molecule has 4 rings (SSSR count). The minimum atomic E-state index is 0.701. The van der Waals surface area contributed by atoms with Crippen LogP contribution >= 0.6 is 0 Å². The molecule has 1 aromatic carbocycles. The van der Waals surface area contributed by atoms with E-state index in [-0.39, 0.29) is 0 Å². The highest BCUT2D eigenvalue weighted by molar-refractivity contribution is 6.06. The van der Waals surface area contributed by atoms with Gasteiger partial charge in [0.05, 0.1) is 0 Å². The molecule has 1 fully saturated rings. The summed E-state index contributed by atoms with van der Waals surface area (Å²) in [6, 6.07) is 8.89. The molecular weight excluding hydrogens is 234 g/mol. The molecule has 3 heteroatoms. The van der Waals surface area contributed by atoms with Crippen LogP contribution in [0.3, 0.4) is 0 Å². The van der Waals surface area contributed by atoms with Gasteiger partial charge in [0.25, 0.3) is 0 Å². The molecule has 1 aliphatic rings. The van der Waals surface area contributed by atoms with Crippen LogP contribution in [-0.2, 0) is 0 Å². The van der Waals surface area contributed by atoms with Crippen molar-refractivity contribution in [3.8, 4) is 0 Å². The number of benzene rings is 1. The molecule has 2 N–H and O–H groups in total. The van der Waals surface area contributed by atoms with Gasteiger partial charge in [-0.25, -0.2) is 0 Å². The fourth-order valence-corrected chi connectivity index (χ4v) is 3.17. The van der Waals surface area contributed by atoms with Gasteiger partial charge >= 0.3 is 0 Å². The average Bonchev–Trinajstić information content (AvgIpc) is 2.86. The molecule has 1 saturated heterocycles. The first-order valence-corrected chi connectivity index (χ1v) is 6.98. The number of aromatic nitrogens is 2. The molecule has 96 valence electrons. The number of pyridine rings is 1. The fraction of sp³-hybridized carbons (Fsp3) is 0.312. The Morgan fingerprint density at radius 3 is 2.74 bits per heavy atom. The van der Waals surface area contributed by atoms with Crippen LogP contribution in [0.1, 0.15) is 24.3 Å². The third-order valence-electron chi connectivity index (χ3n) is 4.23. The molecule has 0 bridgehead atoms. The summed E-state index contributed by atoms with van der Waals surface area (Å²) in [6.07, 6.45) is 6.28. The molecule has 0 atom stereocenters. The molecule has 0 unspecified atom stereocenters. The number of H-pyrrole nitrogens is 1. The Balaban J connectivity index is 1.87. The standard InChI is InChI=1S/C16H17N3/c1-2-15-13(14-10-18-8-5-16(14)19-15)9-12(1)11-3-6-17-7-4-11/h1-2,5,8-11,17,19H,3-4,6-7H2. The lowest BCUT2D eigenvalue weighted by molar-refractivity contribution is 0.460. The van der Waals surface area contributed by atoms with Crippen LogP contribution in [0, 0.1) is 0 Å². The van der Waals surface area contributed by atoms with Gasteiger partial charge in [0, 0.05) is 34.2 Å². The molecule has 0 spiro atoms. The molecule has 2 aromatic heterocycles. The van der Waals surface area contributed by atoms with Gasteiger partial charge in [-0.15, -0.1) is 0 Å². The van der Waals surface area contributed by atoms with Crippen molar-refractivity contribution in [3.05, 3.63) is 42.2 Å². The summed E-state index contributed by atoms with van der Waals surface area (Å²) in [5.41, 5.74) is 3.85. The van der Waals surface area contributed by atoms with Crippen molar-refractivity contribution in [3.63, 3.8) is 0 Å². The van der Waals surface area contributed by atoms with Gasteiger partial charge in [0.15, 0.2) is 0 Å². The molecular formula is C16H17N3. The van der Waals surface area contributed by atoms with E-state index in [2.05, 4.69) is 33.5 Å². The lowest BCUT2D eigenvalue weighted by Gasteiger charge is -2.23. The third-order valence-corrected chi connectivity index (χ3v) is 4.23. The van der Waals surface area contributed by atoms with Crippen LogP contribution in [0.5, 0.6) is 0 Å². The lowest BCUT2D eigenvalue weighted by atomic mass is 9.89. The van der Waals surface area contributed by atoms with Crippen molar-refractivity contribution in [2.75, 3.05) is 13.1 Å². The minimum Gasteiger partial charge on any atom is -0.354 e. The highest BCUT2D eigenvalue weighted by Gasteiger charge is 2.16. The maximum absolute atomic E-state index is 4.25. The maximum atomic E-state index is 4.25. The molecule has 1 aliphatic heterocycles. The highest BCUT2D eigenvalue weighted by atomic mass is 14.9. The van der Waals surface area contributed by atoms with Gasteiger partial charge in [-0.05, 0) is 55.6 Å². The normalized spacial score (nSPS) is 17.3. The van der Waals surface area contributed by atoms with Gasteiger partial charge in [-0.2, -0.15) is 0 Å². The summed E-state index contributed by atoms with van der Waals surface area (Å²) in [5, 5.41) is 5.96. The number of piperidine rings is 1. The van der Waals surface area contributed by atoms with Crippen molar-refractivity contribution in [2.24, 2.45) is 0 Å². The SMILES string of the molecule is c1cc2[nH]c3ccc(C4CCNCC4)cc3c2cn1. The van der Waals surface area contributed by atoms with E-state index >= 15 is 0 Å². The number of rotatable bonds is 1. The molecule has 0 saturated carbocycles. The Bertz CT molecular complexity index is 723. The zero-order chi connectivity index (χ0) is 12.7. The van der Waals surface area contributed by atoms with E-state index in [9.17, 15) is 0 Å². The Kier molecular flexibility index (Phi) is 2.52. The fourth-order valence-electron chi connectivity index (χ4n) is 3.17. The van der Waals surface area contributed by atoms with Gasteiger partial charge in [0.1, 0.15) is 0 Å². The van der Waals surface area contributed by atoms with E-state index in [1.807, 2.05) is 18.5 Å². The van der Waals surface area contributed by atoms with E-state index in [4.69, 9.17) is 0 Å². The van der Waals surface area contributed by atoms with Crippen LogP contribution in [0.4, 0.5) is 0 Å². The summed E-state index contributed by atoms with van der Waals surface area (Å²) in [5.74, 6) is 0.701. The molecule has 19 heavy (non-hydrogen) atoms. The maximum Gasteiger partial charge on any atom is 0.0495 e. The van der Waals surface area contributed by atoms with Crippen LogP contribution in [0.15, 0.2) is 36.7 Å². The Hall–Kier alpha value is -1.87. The van der Waals surface area contributed by atoms with Crippen molar-refractivity contribution < 1.29 is 0 Å². The number of aromatic amines is 1. The Morgan fingerprint density at radius 2 is 1.84 bits per heavy atom. The van der Waals surface area contributed by atoms with Crippen molar-refractivity contribution in [1.29, 1.82) is 0 Å². The van der Waals surface area contributed by atoms with E-state index in [0.717, 1.165) is 13.1 Å². The first-order chi connectivity index (χ1) is 9.42. The first-order valence-electron chi connectivity index (χ1n) is 6.98. The van der Waals surface area contributed by atoms with Crippen molar-refractivity contribution in [1.82, 2.24) is 15.3 Å².